The number of sulfonamides is 1. The van der Waals surface area contributed by atoms with Crippen molar-refractivity contribution in [1.29, 1.82) is 0 Å². The second-order valence-corrected chi connectivity index (χ2v) is 10.2. The number of benzene rings is 1. The van der Waals surface area contributed by atoms with Crippen molar-refractivity contribution >= 4 is 16.0 Å². The third-order valence-corrected chi connectivity index (χ3v) is 7.54. The van der Waals surface area contributed by atoms with Gasteiger partial charge in [-0.05, 0) is 68.5 Å². The van der Waals surface area contributed by atoms with E-state index in [1.807, 2.05) is 24.4 Å². The van der Waals surface area contributed by atoms with Gasteiger partial charge in [0.1, 0.15) is 0 Å². The molecule has 2 aliphatic rings. The van der Waals surface area contributed by atoms with Gasteiger partial charge >= 0.3 is 12.1 Å². The van der Waals surface area contributed by atoms with Crippen LogP contribution in [0.5, 0.6) is 0 Å². The van der Waals surface area contributed by atoms with Crippen molar-refractivity contribution in [2.75, 3.05) is 13.1 Å². The first-order valence-corrected chi connectivity index (χ1v) is 12.0. The molecule has 1 aromatic heterocycles. The number of hydrogen-bond donors (Lipinski definition) is 2. The number of pyridine rings is 1. The van der Waals surface area contributed by atoms with Crippen LogP contribution in [0.25, 0.3) is 0 Å². The summed E-state index contributed by atoms with van der Waals surface area (Å²) in [5.41, 5.74) is 1.44. The Morgan fingerprint density at radius 3 is 2.18 bits per heavy atom. The van der Waals surface area contributed by atoms with Crippen LogP contribution in [-0.4, -0.2) is 54.7 Å². The van der Waals surface area contributed by atoms with Crippen LogP contribution in [0, 0.1) is 5.41 Å². The van der Waals surface area contributed by atoms with E-state index in [1.54, 1.807) is 24.3 Å². The maximum Gasteiger partial charge on any atom is 0.490 e. The Morgan fingerprint density at radius 1 is 1.09 bits per heavy atom. The molecule has 1 aliphatic heterocycles. The van der Waals surface area contributed by atoms with Crippen molar-refractivity contribution in [3.05, 3.63) is 60.4 Å². The summed E-state index contributed by atoms with van der Waals surface area (Å²) in [6.07, 6.45) is 0.954. The van der Waals surface area contributed by atoms with Crippen LogP contribution in [0.1, 0.15) is 31.4 Å². The lowest BCUT2D eigenvalue weighted by atomic mass is 9.60. The molecule has 11 heteroatoms. The van der Waals surface area contributed by atoms with Crippen molar-refractivity contribution < 1.29 is 31.5 Å². The number of carboxylic acid groups (broad SMARTS) is 1. The van der Waals surface area contributed by atoms with Crippen LogP contribution >= 0.6 is 0 Å². The Labute approximate surface area is 190 Å². The van der Waals surface area contributed by atoms with E-state index in [2.05, 4.69) is 20.7 Å². The molecule has 0 amide bonds. The third kappa shape index (κ3) is 6.99. The molecule has 1 spiro atoms. The minimum Gasteiger partial charge on any atom is -0.475 e. The molecule has 1 aliphatic carbocycles. The van der Waals surface area contributed by atoms with Crippen molar-refractivity contribution in [1.82, 2.24) is 14.6 Å². The van der Waals surface area contributed by atoms with E-state index in [0.29, 0.717) is 10.3 Å². The third-order valence-electron chi connectivity index (χ3n) is 6.01. The molecule has 2 fully saturated rings. The van der Waals surface area contributed by atoms with Crippen molar-refractivity contribution in [3.8, 4) is 0 Å². The predicted molar refractivity (Wildman–Crippen MR) is 115 cm³/mol. The second kappa shape index (κ2) is 10.2. The minimum atomic E-state index is -5.08. The summed E-state index contributed by atoms with van der Waals surface area (Å²) in [6.45, 7) is 3.03. The van der Waals surface area contributed by atoms with E-state index in [1.165, 1.54) is 0 Å². The molecule has 0 radical (unpaired) electrons. The molecule has 0 unspecified atom stereocenters. The van der Waals surface area contributed by atoms with Crippen LogP contribution < -0.4 is 4.72 Å². The van der Waals surface area contributed by atoms with Gasteiger partial charge in [-0.3, -0.25) is 9.88 Å². The lowest BCUT2D eigenvalue weighted by Crippen LogP contribution is -2.54. The SMILES string of the molecule is O=C(O)C(F)(F)F.O=S(=O)(NC1CC2(CCN(Cc3ccccn3)CC2)C1)c1ccccc1. The van der Waals surface area contributed by atoms with Crippen molar-refractivity contribution in [2.24, 2.45) is 5.41 Å². The summed E-state index contributed by atoms with van der Waals surface area (Å²) in [5, 5.41) is 7.12. The van der Waals surface area contributed by atoms with Crippen LogP contribution in [-0.2, 0) is 21.4 Å². The number of carboxylic acids is 1. The van der Waals surface area contributed by atoms with Crippen LogP contribution in [0.3, 0.4) is 0 Å². The van der Waals surface area contributed by atoms with Crippen molar-refractivity contribution in [2.45, 2.75) is 49.3 Å². The van der Waals surface area contributed by atoms with Crippen molar-refractivity contribution in [3.63, 3.8) is 0 Å². The smallest absolute Gasteiger partial charge is 0.475 e. The molecule has 7 nitrogen and oxygen atoms in total. The average Bonchev–Trinajstić information content (AvgIpc) is 2.75. The number of aliphatic carboxylic acids is 1. The first-order chi connectivity index (χ1) is 15.5. The van der Waals surface area contributed by atoms with Gasteiger partial charge in [-0.1, -0.05) is 24.3 Å². The van der Waals surface area contributed by atoms with E-state index in [4.69, 9.17) is 9.90 Å². The van der Waals surface area contributed by atoms with Gasteiger partial charge in [-0.25, -0.2) is 17.9 Å². The highest BCUT2D eigenvalue weighted by atomic mass is 32.2. The maximum atomic E-state index is 12.4. The minimum absolute atomic E-state index is 0.0718. The lowest BCUT2D eigenvalue weighted by Gasteiger charge is -2.52. The average molecular weight is 486 g/mol. The summed E-state index contributed by atoms with van der Waals surface area (Å²) < 4.78 is 59.5. The molecule has 33 heavy (non-hydrogen) atoms. The number of likely N-dealkylation sites (tertiary alicyclic amines) is 1. The second-order valence-electron chi connectivity index (χ2n) is 8.44. The first kappa shape index (κ1) is 25.1. The van der Waals surface area contributed by atoms with Gasteiger partial charge in [0, 0.05) is 18.8 Å². The zero-order valence-corrected chi connectivity index (χ0v) is 18.6. The Morgan fingerprint density at radius 2 is 1.67 bits per heavy atom. The van der Waals surface area contributed by atoms with Gasteiger partial charge in [-0.2, -0.15) is 13.2 Å². The molecule has 1 saturated heterocycles. The largest absolute Gasteiger partial charge is 0.490 e. The van der Waals surface area contributed by atoms with Crippen LogP contribution in [0.4, 0.5) is 13.2 Å². The summed E-state index contributed by atoms with van der Waals surface area (Å²) in [7, 11) is -3.40. The molecule has 0 bridgehead atoms. The fourth-order valence-corrected chi connectivity index (χ4v) is 5.53. The molecule has 0 atom stereocenters. The monoisotopic (exact) mass is 485 g/mol. The zero-order chi connectivity index (χ0) is 24.1. The fraction of sp³-hybridized carbons (Fsp3) is 0.455. The number of alkyl halides is 3. The zero-order valence-electron chi connectivity index (χ0n) is 17.8. The highest BCUT2D eigenvalue weighted by Gasteiger charge is 2.47. The summed E-state index contributed by atoms with van der Waals surface area (Å²) in [6, 6.07) is 14.8. The number of carbonyl (C=O) groups is 1. The Kier molecular flexibility index (Phi) is 7.76. The molecule has 2 aromatic rings. The standard InChI is InChI=1S/C20H25N3O2S.C2HF3O2/c24-26(25,19-7-2-1-3-8-19)22-18-14-20(15-18)9-12-23(13-10-20)16-17-6-4-5-11-21-17;3-2(4,5)1(6)7/h1-8,11,18,22H,9-10,12-16H2;(H,6,7). The topological polar surface area (TPSA) is 99.6 Å². The molecular formula is C22H26F3N3O4S. The first-order valence-electron chi connectivity index (χ1n) is 10.5. The summed E-state index contributed by atoms with van der Waals surface area (Å²) >= 11 is 0. The number of halogens is 3. The maximum absolute atomic E-state index is 12.4. The molecular weight excluding hydrogens is 459 g/mol. The quantitative estimate of drug-likeness (QED) is 0.673. The normalized spacial score (nSPS) is 18.8. The van der Waals surface area contributed by atoms with Crippen LogP contribution in [0.2, 0.25) is 0 Å². The number of piperidine rings is 1. The molecule has 4 rings (SSSR count). The predicted octanol–water partition coefficient (Wildman–Crippen LogP) is 3.44. The Hall–Kier alpha value is -2.50. The van der Waals surface area contributed by atoms with E-state index >= 15 is 0 Å². The lowest BCUT2D eigenvalue weighted by molar-refractivity contribution is -0.192. The molecule has 2 heterocycles. The number of hydrogen-bond acceptors (Lipinski definition) is 5. The Balaban J connectivity index is 0.000000383. The van der Waals surface area contributed by atoms with E-state index in [9.17, 15) is 21.6 Å². The van der Waals surface area contributed by atoms with Gasteiger partial charge in [0.2, 0.25) is 10.0 Å². The summed E-state index contributed by atoms with van der Waals surface area (Å²) in [5.74, 6) is -2.76. The van der Waals surface area contributed by atoms with E-state index < -0.39 is 22.2 Å². The molecule has 180 valence electrons. The van der Waals surface area contributed by atoms with Gasteiger partial charge in [-0.15, -0.1) is 0 Å². The van der Waals surface area contributed by atoms with Crippen LogP contribution in [0.15, 0.2) is 59.6 Å². The highest BCUT2D eigenvalue weighted by Crippen LogP contribution is 2.49. The number of nitrogens with zero attached hydrogens (tertiary/aromatic N) is 2. The number of aromatic nitrogens is 1. The number of nitrogens with one attached hydrogen (secondary N) is 1. The van der Waals surface area contributed by atoms with Gasteiger partial charge in [0.25, 0.3) is 0 Å². The van der Waals surface area contributed by atoms with Gasteiger partial charge in [0.05, 0.1) is 10.6 Å². The van der Waals surface area contributed by atoms with E-state index in [0.717, 1.165) is 51.0 Å². The molecule has 1 saturated carbocycles. The highest BCUT2D eigenvalue weighted by molar-refractivity contribution is 7.89. The Bertz CT molecular complexity index is 1020. The number of rotatable bonds is 5. The van der Waals surface area contributed by atoms with Gasteiger partial charge in [0.15, 0.2) is 0 Å². The molecule has 1 aromatic carbocycles. The van der Waals surface area contributed by atoms with E-state index in [-0.39, 0.29) is 6.04 Å². The molecule has 2 N–H and O–H groups in total. The fourth-order valence-electron chi connectivity index (χ4n) is 4.27. The van der Waals surface area contributed by atoms with Gasteiger partial charge < -0.3 is 5.11 Å². The summed E-state index contributed by atoms with van der Waals surface area (Å²) in [4.78, 5) is 16.1.